The molecule has 0 aromatic rings. The van der Waals surface area contributed by atoms with Crippen LogP contribution < -0.4 is 5.73 Å². The predicted octanol–water partition coefficient (Wildman–Crippen LogP) is 1.52. The molecule has 0 aliphatic heterocycles. The van der Waals surface area contributed by atoms with E-state index in [9.17, 15) is 0 Å². The van der Waals surface area contributed by atoms with Crippen molar-refractivity contribution in [3.8, 4) is 0 Å². The van der Waals surface area contributed by atoms with Gasteiger partial charge in [0.15, 0.2) is 0 Å². The van der Waals surface area contributed by atoms with Crippen LogP contribution in [0.3, 0.4) is 0 Å². The maximum absolute atomic E-state index is 5.45. The number of hydrogen-bond donors (Lipinski definition) is 1. The first kappa shape index (κ1) is 15.0. The van der Waals surface area contributed by atoms with E-state index in [-0.39, 0.29) is 24.8 Å². The van der Waals surface area contributed by atoms with Crippen molar-refractivity contribution in [2.75, 3.05) is 20.1 Å². The zero-order chi connectivity index (χ0) is 7.56. The number of rotatable bonds is 4. The Kier molecular flexibility index (Phi) is 8.69. The number of nitrogens with zero attached hydrogens (tertiary/aromatic N) is 1. The van der Waals surface area contributed by atoms with Crippen molar-refractivity contribution >= 4 is 24.8 Å². The van der Waals surface area contributed by atoms with E-state index in [4.69, 9.17) is 5.73 Å². The minimum absolute atomic E-state index is 0. The molecule has 0 spiro atoms. The molecular weight excluding hydrogens is 195 g/mol. The second kappa shape index (κ2) is 6.96. The number of halogens is 2. The van der Waals surface area contributed by atoms with Crippen molar-refractivity contribution < 1.29 is 0 Å². The zero-order valence-corrected chi connectivity index (χ0v) is 9.46. The molecule has 12 heavy (non-hydrogen) atoms. The predicted molar refractivity (Wildman–Crippen MR) is 58.4 cm³/mol. The monoisotopic (exact) mass is 214 g/mol. The van der Waals surface area contributed by atoms with Gasteiger partial charge in [-0.3, -0.25) is 0 Å². The summed E-state index contributed by atoms with van der Waals surface area (Å²) in [5.74, 6) is 0.969. The first-order chi connectivity index (χ1) is 4.75. The van der Waals surface area contributed by atoms with E-state index in [1.165, 1.54) is 12.8 Å². The zero-order valence-electron chi connectivity index (χ0n) is 7.82. The van der Waals surface area contributed by atoms with Gasteiger partial charge in [-0.2, -0.15) is 0 Å². The van der Waals surface area contributed by atoms with Crippen LogP contribution in [0.2, 0.25) is 0 Å². The highest BCUT2D eigenvalue weighted by Gasteiger charge is 2.29. The SMILES string of the molecule is CC(C1CC1)N(C)CCN.Cl.Cl. The molecule has 2 N–H and O–H groups in total. The summed E-state index contributed by atoms with van der Waals surface area (Å²) >= 11 is 0. The second-order valence-corrected chi connectivity index (χ2v) is 3.35. The summed E-state index contributed by atoms with van der Waals surface area (Å²) in [5, 5.41) is 0. The molecule has 0 heterocycles. The van der Waals surface area contributed by atoms with E-state index in [0.29, 0.717) is 0 Å². The summed E-state index contributed by atoms with van der Waals surface area (Å²) in [5.41, 5.74) is 5.45. The van der Waals surface area contributed by atoms with Crippen LogP contribution in [0.1, 0.15) is 19.8 Å². The molecule has 0 aromatic carbocycles. The molecule has 0 saturated heterocycles. The lowest BCUT2D eigenvalue weighted by Gasteiger charge is -2.23. The molecule has 76 valence electrons. The Bertz CT molecular complexity index is 107. The Hall–Kier alpha value is 0.500. The van der Waals surface area contributed by atoms with Gasteiger partial charge in [0.25, 0.3) is 0 Å². The van der Waals surface area contributed by atoms with E-state index in [1.807, 2.05) is 0 Å². The Morgan fingerprint density at radius 2 is 1.92 bits per heavy atom. The molecule has 0 bridgehead atoms. The Balaban J connectivity index is 0. The molecular formula is C8H20Cl2N2. The van der Waals surface area contributed by atoms with Gasteiger partial charge in [0, 0.05) is 19.1 Å². The summed E-state index contributed by atoms with van der Waals surface area (Å²) in [6, 6.07) is 0.753. The van der Waals surface area contributed by atoms with Gasteiger partial charge in [0.05, 0.1) is 0 Å². The molecule has 1 atom stereocenters. The largest absolute Gasteiger partial charge is 0.329 e. The van der Waals surface area contributed by atoms with Crippen molar-refractivity contribution in [2.45, 2.75) is 25.8 Å². The van der Waals surface area contributed by atoms with E-state index in [2.05, 4.69) is 18.9 Å². The minimum atomic E-state index is 0. The van der Waals surface area contributed by atoms with Crippen molar-refractivity contribution in [3.05, 3.63) is 0 Å². The van der Waals surface area contributed by atoms with Gasteiger partial charge in [-0.25, -0.2) is 0 Å². The van der Waals surface area contributed by atoms with Crippen LogP contribution in [-0.2, 0) is 0 Å². The maximum Gasteiger partial charge on any atom is 0.0104 e. The average Bonchev–Trinajstić information content (AvgIpc) is 2.68. The third kappa shape index (κ3) is 4.51. The lowest BCUT2D eigenvalue weighted by Crippen LogP contribution is -2.34. The fourth-order valence-electron chi connectivity index (χ4n) is 1.35. The fourth-order valence-corrected chi connectivity index (χ4v) is 1.35. The van der Waals surface area contributed by atoms with Gasteiger partial charge in [0.1, 0.15) is 0 Å². The van der Waals surface area contributed by atoms with Gasteiger partial charge in [-0.1, -0.05) is 0 Å². The lowest BCUT2D eigenvalue weighted by molar-refractivity contribution is 0.241. The van der Waals surface area contributed by atoms with E-state index < -0.39 is 0 Å². The van der Waals surface area contributed by atoms with Crippen LogP contribution in [0.5, 0.6) is 0 Å². The highest BCUT2D eigenvalue weighted by Crippen LogP contribution is 2.34. The molecule has 1 aliphatic carbocycles. The van der Waals surface area contributed by atoms with Gasteiger partial charge in [-0.15, -0.1) is 24.8 Å². The summed E-state index contributed by atoms with van der Waals surface area (Å²) in [6.07, 6.45) is 2.85. The molecule has 0 amide bonds. The van der Waals surface area contributed by atoms with Crippen LogP contribution in [0, 0.1) is 5.92 Å². The van der Waals surface area contributed by atoms with Crippen LogP contribution in [0.15, 0.2) is 0 Å². The molecule has 0 aromatic heterocycles. The van der Waals surface area contributed by atoms with E-state index in [1.54, 1.807) is 0 Å². The molecule has 1 rings (SSSR count). The molecule has 4 heteroatoms. The standard InChI is InChI=1S/C8H18N2.2ClH/c1-7(8-3-4-8)10(2)6-5-9;;/h7-8H,3-6,9H2,1-2H3;2*1H. The van der Waals surface area contributed by atoms with Crippen LogP contribution in [0.4, 0.5) is 0 Å². The molecule has 2 nitrogen and oxygen atoms in total. The average molecular weight is 215 g/mol. The minimum Gasteiger partial charge on any atom is -0.329 e. The second-order valence-electron chi connectivity index (χ2n) is 3.35. The normalized spacial score (nSPS) is 18.0. The first-order valence-corrected chi connectivity index (χ1v) is 4.16. The Morgan fingerprint density at radius 1 is 1.42 bits per heavy atom. The van der Waals surface area contributed by atoms with Gasteiger partial charge < -0.3 is 10.6 Å². The lowest BCUT2D eigenvalue weighted by atomic mass is 10.2. The fraction of sp³-hybridized carbons (Fsp3) is 1.00. The van der Waals surface area contributed by atoms with Crippen LogP contribution in [0.25, 0.3) is 0 Å². The van der Waals surface area contributed by atoms with E-state index in [0.717, 1.165) is 25.0 Å². The van der Waals surface area contributed by atoms with Crippen LogP contribution in [-0.4, -0.2) is 31.1 Å². The van der Waals surface area contributed by atoms with Crippen LogP contribution >= 0.6 is 24.8 Å². The van der Waals surface area contributed by atoms with Crippen molar-refractivity contribution in [1.29, 1.82) is 0 Å². The molecule has 1 aliphatic rings. The van der Waals surface area contributed by atoms with Crippen molar-refractivity contribution in [1.82, 2.24) is 4.90 Å². The summed E-state index contributed by atoms with van der Waals surface area (Å²) in [6.45, 7) is 4.12. The number of likely N-dealkylation sites (N-methyl/N-ethyl adjacent to an activating group) is 1. The molecule has 1 unspecified atom stereocenters. The van der Waals surface area contributed by atoms with Gasteiger partial charge >= 0.3 is 0 Å². The molecule has 1 saturated carbocycles. The number of nitrogens with two attached hydrogens (primary N) is 1. The Labute approximate surface area is 87.7 Å². The highest BCUT2D eigenvalue weighted by atomic mass is 35.5. The van der Waals surface area contributed by atoms with E-state index >= 15 is 0 Å². The van der Waals surface area contributed by atoms with Crippen molar-refractivity contribution in [2.24, 2.45) is 11.7 Å². The molecule has 1 fully saturated rings. The highest BCUT2D eigenvalue weighted by molar-refractivity contribution is 5.85. The number of hydrogen-bond acceptors (Lipinski definition) is 2. The maximum atomic E-state index is 5.45. The summed E-state index contributed by atoms with van der Waals surface area (Å²) in [4.78, 5) is 2.36. The third-order valence-electron chi connectivity index (χ3n) is 2.48. The smallest absolute Gasteiger partial charge is 0.0104 e. The first-order valence-electron chi connectivity index (χ1n) is 4.16. The van der Waals surface area contributed by atoms with Gasteiger partial charge in [-0.05, 0) is 32.7 Å². The topological polar surface area (TPSA) is 29.3 Å². The summed E-state index contributed by atoms with van der Waals surface area (Å²) < 4.78 is 0. The summed E-state index contributed by atoms with van der Waals surface area (Å²) in [7, 11) is 2.16. The van der Waals surface area contributed by atoms with Gasteiger partial charge in [0.2, 0.25) is 0 Å². The Morgan fingerprint density at radius 3 is 2.25 bits per heavy atom. The molecule has 0 radical (unpaired) electrons. The third-order valence-corrected chi connectivity index (χ3v) is 2.48. The quantitative estimate of drug-likeness (QED) is 0.770. The van der Waals surface area contributed by atoms with Crippen molar-refractivity contribution in [3.63, 3.8) is 0 Å².